The molecule has 0 aliphatic rings. The normalized spacial score (nSPS) is 12.8. The lowest BCUT2D eigenvalue weighted by molar-refractivity contribution is -0.382. The molecule has 1 heterocycles. The summed E-state index contributed by atoms with van der Waals surface area (Å²) in [4.78, 5) is 36.1. The molecule has 2 aromatic carbocycles. The summed E-state index contributed by atoms with van der Waals surface area (Å²) in [7, 11) is 0. The van der Waals surface area contributed by atoms with Crippen LogP contribution in [0, 0.1) is 10.1 Å². The molecule has 1 atom stereocenters. The minimum absolute atomic E-state index is 0.162. The molecule has 10 heteroatoms. The van der Waals surface area contributed by atoms with Crippen molar-refractivity contribution in [2.45, 2.75) is 65.7 Å². The highest BCUT2D eigenvalue weighted by Crippen LogP contribution is 2.37. The van der Waals surface area contributed by atoms with Gasteiger partial charge in [-0.25, -0.2) is 9.59 Å². The Kier molecular flexibility index (Phi) is 6.86. The number of nitro groups is 1. The monoisotopic (exact) mass is 482 g/mol. The van der Waals surface area contributed by atoms with Crippen molar-refractivity contribution in [1.29, 1.82) is 0 Å². The fourth-order valence-electron chi connectivity index (χ4n) is 3.49. The number of aromatic nitrogens is 2. The summed E-state index contributed by atoms with van der Waals surface area (Å²) < 4.78 is 11.7. The summed E-state index contributed by atoms with van der Waals surface area (Å²) in [5, 5.41) is 19.0. The third-order valence-corrected chi connectivity index (χ3v) is 4.93. The number of carbonyl (C=O) groups is 2. The second kappa shape index (κ2) is 9.36. The zero-order chi connectivity index (χ0) is 26.1. The van der Waals surface area contributed by atoms with Crippen LogP contribution in [0.15, 0.2) is 42.6 Å². The van der Waals surface area contributed by atoms with Crippen LogP contribution in [-0.4, -0.2) is 38.1 Å². The Morgan fingerprint density at radius 1 is 1.00 bits per heavy atom. The lowest BCUT2D eigenvalue weighted by Crippen LogP contribution is -2.34. The van der Waals surface area contributed by atoms with Gasteiger partial charge in [-0.1, -0.05) is 24.3 Å². The molecule has 10 nitrogen and oxygen atoms in total. The van der Waals surface area contributed by atoms with E-state index in [2.05, 4.69) is 10.4 Å². The summed E-state index contributed by atoms with van der Waals surface area (Å²) in [5.41, 5.74) is 0.566. The summed E-state index contributed by atoms with van der Waals surface area (Å²) >= 11 is 0. The van der Waals surface area contributed by atoms with Gasteiger partial charge in [0.1, 0.15) is 11.2 Å². The number of amides is 1. The van der Waals surface area contributed by atoms with Gasteiger partial charge in [0.25, 0.3) is 5.69 Å². The molecular formula is C25H30N4O6. The number of carbonyl (C=O) groups excluding carboxylic acids is 2. The number of hydrogen-bond acceptors (Lipinski definition) is 7. The maximum absolute atomic E-state index is 12.5. The van der Waals surface area contributed by atoms with Crippen molar-refractivity contribution in [1.82, 2.24) is 15.1 Å². The molecule has 0 bridgehead atoms. The van der Waals surface area contributed by atoms with Crippen LogP contribution in [0.2, 0.25) is 0 Å². The number of fused-ring (bicyclic) bond motifs is 1. The first-order valence-corrected chi connectivity index (χ1v) is 11.1. The highest BCUT2D eigenvalue weighted by molar-refractivity contribution is 5.99. The van der Waals surface area contributed by atoms with Crippen molar-refractivity contribution >= 4 is 28.8 Å². The molecule has 186 valence electrons. The predicted molar refractivity (Wildman–Crippen MR) is 131 cm³/mol. The van der Waals surface area contributed by atoms with Crippen LogP contribution >= 0.6 is 0 Å². The van der Waals surface area contributed by atoms with E-state index in [0.717, 1.165) is 10.2 Å². The van der Waals surface area contributed by atoms with Gasteiger partial charge in [0, 0.05) is 0 Å². The van der Waals surface area contributed by atoms with Gasteiger partial charge >= 0.3 is 12.2 Å². The van der Waals surface area contributed by atoms with Crippen LogP contribution in [0.5, 0.6) is 0 Å². The number of alkyl carbamates (subject to hydrolysis) is 1. The van der Waals surface area contributed by atoms with Crippen molar-refractivity contribution < 1.29 is 24.0 Å². The van der Waals surface area contributed by atoms with Crippen LogP contribution in [-0.2, 0) is 9.47 Å². The summed E-state index contributed by atoms with van der Waals surface area (Å²) in [6.07, 6.45) is 0.0461. The molecule has 1 unspecified atom stereocenters. The molecular weight excluding hydrogens is 452 g/mol. The predicted octanol–water partition coefficient (Wildman–Crippen LogP) is 5.98. The van der Waals surface area contributed by atoms with E-state index < -0.39 is 28.3 Å². The van der Waals surface area contributed by atoms with E-state index in [1.54, 1.807) is 77.9 Å². The third-order valence-electron chi connectivity index (χ3n) is 4.93. The van der Waals surface area contributed by atoms with Gasteiger partial charge in [-0.3, -0.25) is 10.1 Å². The van der Waals surface area contributed by atoms with Crippen molar-refractivity contribution in [3.05, 3.63) is 58.3 Å². The molecule has 0 saturated carbocycles. The Morgan fingerprint density at radius 3 is 2.14 bits per heavy atom. The Morgan fingerprint density at radius 2 is 1.60 bits per heavy atom. The number of nitro benzene ring substituents is 1. The molecule has 3 aromatic rings. The summed E-state index contributed by atoms with van der Waals surface area (Å²) in [6, 6.07) is 9.92. The van der Waals surface area contributed by atoms with E-state index in [1.807, 2.05) is 6.92 Å². The fourth-order valence-corrected chi connectivity index (χ4v) is 3.49. The van der Waals surface area contributed by atoms with Gasteiger partial charge in [0.2, 0.25) is 0 Å². The van der Waals surface area contributed by atoms with Crippen molar-refractivity contribution in [2.24, 2.45) is 0 Å². The lowest BCUT2D eigenvalue weighted by atomic mass is 9.98. The van der Waals surface area contributed by atoms with Crippen molar-refractivity contribution in [3.8, 4) is 11.1 Å². The summed E-state index contributed by atoms with van der Waals surface area (Å²) in [5.74, 6) is 0. The molecule has 3 rings (SSSR count). The van der Waals surface area contributed by atoms with Gasteiger partial charge in [0.15, 0.2) is 0 Å². The molecule has 0 spiro atoms. The lowest BCUT2D eigenvalue weighted by Gasteiger charge is -2.22. The third kappa shape index (κ3) is 6.14. The first kappa shape index (κ1) is 25.7. The van der Waals surface area contributed by atoms with Gasteiger partial charge in [-0.05, 0) is 71.7 Å². The van der Waals surface area contributed by atoms with Crippen LogP contribution in [0.4, 0.5) is 15.3 Å². The van der Waals surface area contributed by atoms with E-state index in [4.69, 9.17) is 9.47 Å². The largest absolute Gasteiger partial charge is 0.444 e. The van der Waals surface area contributed by atoms with Crippen LogP contribution in [0.1, 0.15) is 60.1 Å². The Balaban J connectivity index is 1.92. The van der Waals surface area contributed by atoms with Crippen molar-refractivity contribution in [3.63, 3.8) is 0 Å². The minimum Gasteiger partial charge on any atom is -0.444 e. The number of benzene rings is 2. The number of ether oxygens (including phenoxy) is 2. The van der Waals surface area contributed by atoms with E-state index in [0.29, 0.717) is 11.1 Å². The standard InChI is InChI=1S/C25H30N4O6/c1-15(27-22(30)34-24(2,3)4)16-8-10-17(11-9-16)18-12-13-20-19(21(18)29(32)33)14-26-28(20)23(31)35-25(5,6)7/h8-15H,1-7H3,(H,27,30). The molecule has 0 fully saturated rings. The topological polar surface area (TPSA) is 126 Å². The molecule has 0 saturated heterocycles. The average molecular weight is 483 g/mol. The molecule has 0 aliphatic carbocycles. The quantitative estimate of drug-likeness (QED) is 0.358. The number of nitrogens with zero attached hydrogens (tertiary/aromatic N) is 3. The van der Waals surface area contributed by atoms with Gasteiger partial charge in [0.05, 0.1) is 33.6 Å². The first-order valence-electron chi connectivity index (χ1n) is 11.1. The van der Waals surface area contributed by atoms with E-state index >= 15 is 0 Å². The number of rotatable bonds is 4. The summed E-state index contributed by atoms with van der Waals surface area (Å²) in [6.45, 7) is 12.4. The van der Waals surface area contributed by atoms with E-state index in [9.17, 15) is 19.7 Å². The minimum atomic E-state index is -0.738. The zero-order valence-corrected chi connectivity index (χ0v) is 20.9. The highest BCUT2D eigenvalue weighted by Gasteiger charge is 2.26. The van der Waals surface area contributed by atoms with Crippen molar-refractivity contribution in [2.75, 3.05) is 0 Å². The van der Waals surface area contributed by atoms with Crippen LogP contribution in [0.25, 0.3) is 22.0 Å². The van der Waals surface area contributed by atoms with E-state index in [-0.39, 0.29) is 22.6 Å². The average Bonchev–Trinajstić information content (AvgIpc) is 3.14. The Hall–Kier alpha value is -3.95. The fraction of sp³-hybridized carbons (Fsp3) is 0.400. The zero-order valence-electron chi connectivity index (χ0n) is 20.9. The molecule has 0 radical (unpaired) electrons. The number of nitrogens with one attached hydrogen (secondary N) is 1. The molecule has 1 N–H and O–H groups in total. The number of hydrogen-bond donors (Lipinski definition) is 1. The molecule has 1 aromatic heterocycles. The van der Waals surface area contributed by atoms with Gasteiger partial charge < -0.3 is 14.8 Å². The van der Waals surface area contributed by atoms with Crippen LogP contribution < -0.4 is 5.32 Å². The SMILES string of the molecule is CC(NC(=O)OC(C)(C)C)c1ccc(-c2ccc3c(cnn3C(=O)OC(C)(C)C)c2[N+](=O)[O-])cc1. The highest BCUT2D eigenvalue weighted by atomic mass is 16.6. The van der Waals surface area contributed by atoms with Gasteiger partial charge in [-0.15, -0.1) is 0 Å². The maximum Gasteiger partial charge on any atom is 0.435 e. The molecule has 1 amide bonds. The second-order valence-electron chi connectivity index (χ2n) is 10.2. The van der Waals surface area contributed by atoms with Gasteiger partial charge in [-0.2, -0.15) is 9.78 Å². The molecule has 0 aliphatic heterocycles. The smallest absolute Gasteiger partial charge is 0.435 e. The second-order valence-corrected chi connectivity index (χ2v) is 10.2. The Labute approximate surface area is 203 Å². The van der Waals surface area contributed by atoms with E-state index in [1.165, 1.54) is 6.20 Å². The van der Waals surface area contributed by atoms with Crippen LogP contribution in [0.3, 0.4) is 0 Å². The Bertz CT molecular complexity index is 1270. The molecule has 35 heavy (non-hydrogen) atoms. The maximum atomic E-state index is 12.5. The first-order chi connectivity index (χ1) is 16.2.